The lowest BCUT2D eigenvalue weighted by molar-refractivity contribution is 0.840. The lowest BCUT2D eigenvalue weighted by Gasteiger charge is -2.21. The van der Waals surface area contributed by atoms with Gasteiger partial charge in [0.1, 0.15) is 17.5 Å². The van der Waals surface area contributed by atoms with Crippen molar-refractivity contribution >= 4 is 11.6 Å². The second-order valence-electron chi connectivity index (χ2n) is 4.84. The summed E-state index contributed by atoms with van der Waals surface area (Å²) in [5.74, 6) is 7.68. The first-order chi connectivity index (χ1) is 9.51. The van der Waals surface area contributed by atoms with E-state index in [1.165, 1.54) is 0 Å². The number of nitrogens with two attached hydrogens (primary N) is 1. The molecule has 0 aliphatic rings. The Morgan fingerprint density at radius 2 is 1.90 bits per heavy atom. The molecule has 0 unspecified atom stereocenters. The number of hydrogen-bond acceptors (Lipinski definition) is 6. The van der Waals surface area contributed by atoms with Crippen LogP contribution in [0.1, 0.15) is 22.8 Å². The first-order valence-electron chi connectivity index (χ1n) is 6.46. The maximum absolute atomic E-state index is 5.49. The zero-order valence-corrected chi connectivity index (χ0v) is 12.3. The molecule has 0 aliphatic heterocycles. The van der Waals surface area contributed by atoms with Gasteiger partial charge in [-0.25, -0.2) is 15.8 Å². The number of aromatic nitrogens is 3. The molecule has 0 spiro atoms. The quantitative estimate of drug-likeness (QED) is 0.651. The smallest absolute Gasteiger partial charge is 0.148 e. The summed E-state index contributed by atoms with van der Waals surface area (Å²) in [5.41, 5.74) is 5.55. The molecule has 0 fully saturated rings. The normalized spacial score (nSPS) is 10.4. The van der Waals surface area contributed by atoms with Gasteiger partial charge < -0.3 is 10.3 Å². The summed E-state index contributed by atoms with van der Waals surface area (Å²) in [6.45, 7) is 6.47. The Morgan fingerprint density at radius 3 is 2.55 bits per heavy atom. The van der Waals surface area contributed by atoms with Crippen molar-refractivity contribution in [1.29, 1.82) is 0 Å². The predicted octanol–water partition coefficient (Wildman–Crippen LogP) is 1.72. The fraction of sp³-hybridized carbons (Fsp3) is 0.357. The molecule has 3 N–H and O–H groups in total. The predicted molar refractivity (Wildman–Crippen MR) is 80.4 cm³/mol. The van der Waals surface area contributed by atoms with E-state index in [4.69, 9.17) is 5.84 Å². The molecule has 2 aromatic rings. The molecule has 2 heterocycles. The zero-order valence-electron chi connectivity index (χ0n) is 12.3. The van der Waals surface area contributed by atoms with Crippen LogP contribution in [-0.2, 0) is 6.54 Å². The Kier molecular flexibility index (Phi) is 4.14. The highest BCUT2D eigenvalue weighted by Gasteiger charge is 2.13. The van der Waals surface area contributed by atoms with Gasteiger partial charge in [0.15, 0.2) is 0 Å². The van der Waals surface area contributed by atoms with Crippen LogP contribution in [0.15, 0.2) is 18.2 Å². The summed E-state index contributed by atoms with van der Waals surface area (Å²) in [6, 6.07) is 6.01. The molecule has 0 aromatic carbocycles. The molecule has 0 aliphatic carbocycles. The van der Waals surface area contributed by atoms with Gasteiger partial charge in [-0.3, -0.25) is 4.98 Å². The van der Waals surface area contributed by atoms with Crippen LogP contribution in [0.2, 0.25) is 0 Å². The van der Waals surface area contributed by atoms with Crippen molar-refractivity contribution in [3.8, 4) is 0 Å². The van der Waals surface area contributed by atoms with Crippen LogP contribution >= 0.6 is 0 Å². The first kappa shape index (κ1) is 14.2. The Labute approximate surface area is 119 Å². The molecule has 0 saturated heterocycles. The molecule has 20 heavy (non-hydrogen) atoms. The molecule has 0 radical (unpaired) electrons. The number of nitrogens with one attached hydrogen (secondary N) is 1. The van der Waals surface area contributed by atoms with Gasteiger partial charge in [-0.1, -0.05) is 6.07 Å². The third-order valence-corrected chi connectivity index (χ3v) is 3.08. The molecule has 0 saturated carbocycles. The molecular weight excluding hydrogens is 252 g/mol. The Hall–Kier alpha value is -2.21. The third kappa shape index (κ3) is 3.03. The van der Waals surface area contributed by atoms with Gasteiger partial charge in [0, 0.05) is 18.3 Å². The Morgan fingerprint density at radius 1 is 1.15 bits per heavy atom. The van der Waals surface area contributed by atoms with Crippen molar-refractivity contribution in [2.45, 2.75) is 27.3 Å². The van der Waals surface area contributed by atoms with E-state index < -0.39 is 0 Å². The van der Waals surface area contributed by atoms with Crippen molar-refractivity contribution in [3.05, 3.63) is 41.0 Å². The molecule has 0 bridgehead atoms. The van der Waals surface area contributed by atoms with Crippen molar-refractivity contribution in [3.63, 3.8) is 0 Å². The van der Waals surface area contributed by atoms with Crippen LogP contribution in [0.5, 0.6) is 0 Å². The number of aryl methyl sites for hydroxylation is 2. The lowest BCUT2D eigenvalue weighted by Crippen LogP contribution is -2.22. The van der Waals surface area contributed by atoms with Gasteiger partial charge >= 0.3 is 0 Å². The van der Waals surface area contributed by atoms with Crippen molar-refractivity contribution in [2.75, 3.05) is 17.4 Å². The number of pyridine rings is 1. The molecule has 0 atom stereocenters. The van der Waals surface area contributed by atoms with E-state index in [1.807, 2.05) is 50.9 Å². The van der Waals surface area contributed by atoms with E-state index in [0.29, 0.717) is 18.2 Å². The maximum atomic E-state index is 5.49. The van der Waals surface area contributed by atoms with Crippen LogP contribution < -0.4 is 16.2 Å². The van der Waals surface area contributed by atoms with Gasteiger partial charge in [-0.2, -0.15) is 0 Å². The average Bonchev–Trinajstić information content (AvgIpc) is 2.40. The summed E-state index contributed by atoms with van der Waals surface area (Å²) in [7, 11) is 1.99. The SMILES string of the molecule is Cc1cccc(CN(C)c2nc(C)nc(NN)c2C)n1. The van der Waals surface area contributed by atoms with Gasteiger partial charge in [-0.05, 0) is 32.9 Å². The number of anilines is 2. The molecule has 106 valence electrons. The van der Waals surface area contributed by atoms with E-state index in [0.717, 1.165) is 22.8 Å². The van der Waals surface area contributed by atoms with E-state index in [2.05, 4.69) is 20.4 Å². The summed E-state index contributed by atoms with van der Waals surface area (Å²) in [6.07, 6.45) is 0. The fourth-order valence-corrected chi connectivity index (χ4v) is 2.13. The number of nitrogen functional groups attached to an aromatic ring is 1. The van der Waals surface area contributed by atoms with Crippen molar-refractivity contribution < 1.29 is 0 Å². The minimum absolute atomic E-state index is 0.650. The second-order valence-corrected chi connectivity index (χ2v) is 4.84. The van der Waals surface area contributed by atoms with Crippen LogP contribution in [-0.4, -0.2) is 22.0 Å². The molecule has 6 heteroatoms. The summed E-state index contributed by atoms with van der Waals surface area (Å²) >= 11 is 0. The largest absolute Gasteiger partial charge is 0.353 e. The minimum atomic E-state index is 0.650. The van der Waals surface area contributed by atoms with Crippen LogP contribution in [0.25, 0.3) is 0 Å². The van der Waals surface area contributed by atoms with Gasteiger partial charge in [-0.15, -0.1) is 0 Å². The number of hydrazine groups is 1. The monoisotopic (exact) mass is 272 g/mol. The second kappa shape index (κ2) is 5.83. The summed E-state index contributed by atoms with van der Waals surface area (Å²) < 4.78 is 0. The maximum Gasteiger partial charge on any atom is 0.148 e. The zero-order chi connectivity index (χ0) is 14.7. The highest BCUT2D eigenvalue weighted by Crippen LogP contribution is 2.22. The molecule has 0 amide bonds. The van der Waals surface area contributed by atoms with Gasteiger partial charge in [0.05, 0.1) is 12.2 Å². The lowest BCUT2D eigenvalue weighted by atomic mass is 10.2. The van der Waals surface area contributed by atoms with E-state index in [1.54, 1.807) is 0 Å². The number of rotatable bonds is 4. The standard InChI is InChI=1S/C14H20N6/c1-9-6-5-7-12(16-9)8-20(4)14-10(2)13(19-15)17-11(3)18-14/h5-7H,8,15H2,1-4H3,(H,17,18,19). The van der Waals surface area contributed by atoms with E-state index in [9.17, 15) is 0 Å². The molecule has 6 nitrogen and oxygen atoms in total. The van der Waals surface area contributed by atoms with Crippen molar-refractivity contribution in [1.82, 2.24) is 15.0 Å². The summed E-state index contributed by atoms with van der Waals surface area (Å²) in [4.78, 5) is 15.3. The number of nitrogens with zero attached hydrogens (tertiary/aromatic N) is 4. The highest BCUT2D eigenvalue weighted by atomic mass is 15.3. The Bertz CT molecular complexity index is 611. The van der Waals surface area contributed by atoms with Crippen LogP contribution in [0.3, 0.4) is 0 Å². The minimum Gasteiger partial charge on any atom is -0.353 e. The average molecular weight is 272 g/mol. The highest BCUT2D eigenvalue weighted by molar-refractivity contribution is 5.57. The van der Waals surface area contributed by atoms with Crippen LogP contribution in [0, 0.1) is 20.8 Å². The van der Waals surface area contributed by atoms with Crippen LogP contribution in [0.4, 0.5) is 11.6 Å². The third-order valence-electron chi connectivity index (χ3n) is 3.08. The summed E-state index contributed by atoms with van der Waals surface area (Å²) in [5, 5.41) is 0. The van der Waals surface area contributed by atoms with Crippen molar-refractivity contribution in [2.24, 2.45) is 5.84 Å². The number of hydrogen-bond donors (Lipinski definition) is 2. The van der Waals surface area contributed by atoms with E-state index in [-0.39, 0.29) is 0 Å². The molecule has 2 rings (SSSR count). The fourth-order valence-electron chi connectivity index (χ4n) is 2.13. The molecule has 2 aromatic heterocycles. The van der Waals surface area contributed by atoms with Gasteiger partial charge in [0.25, 0.3) is 0 Å². The topological polar surface area (TPSA) is 80.0 Å². The Balaban J connectivity index is 2.29. The van der Waals surface area contributed by atoms with Gasteiger partial charge in [0.2, 0.25) is 0 Å². The van der Waals surface area contributed by atoms with E-state index >= 15 is 0 Å². The molecular formula is C14H20N6. The first-order valence-corrected chi connectivity index (χ1v) is 6.46.